The van der Waals surface area contributed by atoms with Crippen LogP contribution in [-0.4, -0.2) is 11.5 Å². The average Bonchev–Trinajstić information content (AvgIpc) is 2.64. The smallest absolute Gasteiger partial charge is 0.0954 e. The molecule has 1 heterocycles. The van der Waals surface area contributed by atoms with Gasteiger partial charge in [-0.25, -0.2) is 4.98 Å². The van der Waals surface area contributed by atoms with Crippen molar-refractivity contribution in [1.82, 2.24) is 10.3 Å². The summed E-state index contributed by atoms with van der Waals surface area (Å²) in [5, 5.41) is 6.98. The molecule has 0 atom stereocenters. The zero-order valence-electron chi connectivity index (χ0n) is 11.0. The standard InChI is InChI=1S/C13H22N2S.ClH/c1-10(2)12-15-11(8-16-12)7-14-9-13(3)5-4-6-13;/h8,10,14H,4-7,9H2,1-3H3;1H. The molecule has 4 heteroatoms. The predicted molar refractivity (Wildman–Crippen MR) is 77.1 cm³/mol. The Balaban J connectivity index is 0.00000144. The van der Waals surface area contributed by atoms with Crippen molar-refractivity contribution in [3.05, 3.63) is 16.1 Å². The molecule has 0 aliphatic heterocycles. The third-order valence-electron chi connectivity index (χ3n) is 3.48. The fourth-order valence-electron chi connectivity index (χ4n) is 2.12. The number of aromatic nitrogens is 1. The molecule has 17 heavy (non-hydrogen) atoms. The Hall–Kier alpha value is -0.120. The van der Waals surface area contributed by atoms with Crippen LogP contribution in [0.15, 0.2) is 5.38 Å². The second kappa shape index (κ2) is 6.17. The predicted octanol–water partition coefficient (Wildman–Crippen LogP) is 3.97. The molecule has 1 N–H and O–H groups in total. The number of halogens is 1. The molecule has 0 unspecified atom stereocenters. The molecular weight excluding hydrogens is 252 g/mol. The van der Waals surface area contributed by atoms with Crippen molar-refractivity contribution in [2.75, 3.05) is 6.54 Å². The third kappa shape index (κ3) is 3.94. The van der Waals surface area contributed by atoms with Crippen LogP contribution in [0.1, 0.15) is 56.7 Å². The van der Waals surface area contributed by atoms with Crippen LogP contribution in [-0.2, 0) is 6.54 Å². The van der Waals surface area contributed by atoms with Gasteiger partial charge in [0.1, 0.15) is 0 Å². The highest BCUT2D eigenvalue weighted by Gasteiger charge is 2.30. The van der Waals surface area contributed by atoms with E-state index < -0.39 is 0 Å². The van der Waals surface area contributed by atoms with Gasteiger partial charge in [-0.15, -0.1) is 23.7 Å². The monoisotopic (exact) mass is 274 g/mol. The number of nitrogens with zero attached hydrogens (tertiary/aromatic N) is 1. The Bertz CT molecular complexity index is 345. The molecule has 2 nitrogen and oxygen atoms in total. The number of hydrogen-bond acceptors (Lipinski definition) is 3. The minimum absolute atomic E-state index is 0. The molecule has 1 saturated carbocycles. The van der Waals surface area contributed by atoms with Crippen LogP contribution in [0.25, 0.3) is 0 Å². The summed E-state index contributed by atoms with van der Waals surface area (Å²) in [5.74, 6) is 0.558. The van der Waals surface area contributed by atoms with Crippen molar-refractivity contribution < 1.29 is 0 Å². The van der Waals surface area contributed by atoms with E-state index in [1.165, 1.54) is 30.0 Å². The molecule has 0 saturated heterocycles. The van der Waals surface area contributed by atoms with Crippen LogP contribution < -0.4 is 5.32 Å². The van der Waals surface area contributed by atoms with Gasteiger partial charge in [-0.1, -0.05) is 27.2 Å². The minimum atomic E-state index is 0. The quantitative estimate of drug-likeness (QED) is 0.879. The summed E-state index contributed by atoms with van der Waals surface area (Å²) in [6.07, 6.45) is 4.18. The van der Waals surface area contributed by atoms with Crippen LogP contribution in [0, 0.1) is 5.41 Å². The maximum absolute atomic E-state index is 4.63. The van der Waals surface area contributed by atoms with Gasteiger partial charge in [0.05, 0.1) is 10.7 Å². The van der Waals surface area contributed by atoms with E-state index in [4.69, 9.17) is 0 Å². The number of thiazole rings is 1. The van der Waals surface area contributed by atoms with Crippen LogP contribution >= 0.6 is 23.7 Å². The van der Waals surface area contributed by atoms with E-state index in [0.717, 1.165) is 13.1 Å². The van der Waals surface area contributed by atoms with Gasteiger partial charge < -0.3 is 5.32 Å². The zero-order chi connectivity index (χ0) is 11.6. The van der Waals surface area contributed by atoms with Gasteiger partial charge in [0.2, 0.25) is 0 Å². The molecule has 98 valence electrons. The van der Waals surface area contributed by atoms with Crippen molar-refractivity contribution in [3.63, 3.8) is 0 Å². The van der Waals surface area contributed by atoms with E-state index in [0.29, 0.717) is 11.3 Å². The summed E-state index contributed by atoms with van der Waals surface area (Å²) in [6, 6.07) is 0. The molecule has 1 aromatic rings. The Morgan fingerprint density at radius 2 is 2.18 bits per heavy atom. The molecule has 1 aromatic heterocycles. The summed E-state index contributed by atoms with van der Waals surface area (Å²) >= 11 is 1.78. The largest absolute Gasteiger partial charge is 0.311 e. The first kappa shape index (κ1) is 14.9. The van der Waals surface area contributed by atoms with Crippen LogP contribution in [0.3, 0.4) is 0 Å². The van der Waals surface area contributed by atoms with Gasteiger partial charge in [0, 0.05) is 24.4 Å². The maximum atomic E-state index is 4.63. The SMILES string of the molecule is CC(C)c1nc(CNCC2(C)CCC2)cs1.Cl. The molecule has 0 aromatic carbocycles. The number of hydrogen-bond donors (Lipinski definition) is 1. The second-order valence-electron chi connectivity index (χ2n) is 5.60. The topological polar surface area (TPSA) is 24.9 Å². The van der Waals surface area contributed by atoms with Crippen molar-refractivity contribution >= 4 is 23.7 Å². The Kier molecular flexibility index (Phi) is 5.42. The van der Waals surface area contributed by atoms with Crippen molar-refractivity contribution in [2.45, 2.75) is 52.5 Å². The molecule has 2 rings (SSSR count). The Labute approximate surface area is 115 Å². The first-order valence-corrected chi connectivity index (χ1v) is 7.12. The third-order valence-corrected chi connectivity index (χ3v) is 4.68. The number of nitrogens with one attached hydrogen (secondary N) is 1. The van der Waals surface area contributed by atoms with Crippen LogP contribution in [0.4, 0.5) is 0 Å². The van der Waals surface area contributed by atoms with Crippen LogP contribution in [0.5, 0.6) is 0 Å². The summed E-state index contributed by atoms with van der Waals surface area (Å²) < 4.78 is 0. The first-order chi connectivity index (χ1) is 7.59. The molecule has 1 fully saturated rings. The van der Waals surface area contributed by atoms with Gasteiger partial charge in [0.25, 0.3) is 0 Å². The Morgan fingerprint density at radius 1 is 1.47 bits per heavy atom. The summed E-state index contributed by atoms with van der Waals surface area (Å²) in [7, 11) is 0. The highest BCUT2D eigenvalue weighted by Crippen LogP contribution is 2.39. The fraction of sp³-hybridized carbons (Fsp3) is 0.769. The molecular formula is C13H23ClN2S. The average molecular weight is 275 g/mol. The molecule has 0 amide bonds. The van der Waals surface area contributed by atoms with Gasteiger partial charge in [-0.2, -0.15) is 0 Å². The van der Waals surface area contributed by atoms with Gasteiger partial charge in [-0.05, 0) is 18.3 Å². The van der Waals surface area contributed by atoms with E-state index >= 15 is 0 Å². The Morgan fingerprint density at radius 3 is 2.65 bits per heavy atom. The van der Waals surface area contributed by atoms with E-state index in [9.17, 15) is 0 Å². The second-order valence-corrected chi connectivity index (χ2v) is 6.49. The van der Waals surface area contributed by atoms with Crippen molar-refractivity contribution in [1.29, 1.82) is 0 Å². The van der Waals surface area contributed by atoms with Crippen molar-refractivity contribution in [3.8, 4) is 0 Å². The van der Waals surface area contributed by atoms with Gasteiger partial charge >= 0.3 is 0 Å². The fourth-order valence-corrected chi connectivity index (χ4v) is 2.95. The lowest BCUT2D eigenvalue weighted by molar-refractivity contribution is 0.156. The highest BCUT2D eigenvalue weighted by atomic mass is 35.5. The van der Waals surface area contributed by atoms with Crippen LogP contribution in [0.2, 0.25) is 0 Å². The zero-order valence-corrected chi connectivity index (χ0v) is 12.6. The summed E-state index contributed by atoms with van der Waals surface area (Å²) in [6.45, 7) is 8.85. The lowest BCUT2D eigenvalue weighted by Gasteiger charge is -2.38. The van der Waals surface area contributed by atoms with E-state index in [2.05, 4.69) is 36.5 Å². The number of rotatable bonds is 5. The lowest BCUT2D eigenvalue weighted by Crippen LogP contribution is -2.37. The summed E-state index contributed by atoms with van der Waals surface area (Å²) in [4.78, 5) is 4.63. The van der Waals surface area contributed by atoms with Gasteiger partial charge in [-0.3, -0.25) is 0 Å². The normalized spacial score (nSPS) is 17.6. The molecule has 0 bridgehead atoms. The van der Waals surface area contributed by atoms with Gasteiger partial charge in [0.15, 0.2) is 0 Å². The molecule has 0 spiro atoms. The van der Waals surface area contributed by atoms with E-state index in [1.54, 1.807) is 11.3 Å². The maximum Gasteiger partial charge on any atom is 0.0954 e. The minimum Gasteiger partial charge on any atom is -0.311 e. The highest BCUT2D eigenvalue weighted by molar-refractivity contribution is 7.09. The van der Waals surface area contributed by atoms with Crippen molar-refractivity contribution in [2.24, 2.45) is 5.41 Å². The molecule has 1 aliphatic rings. The lowest BCUT2D eigenvalue weighted by atomic mass is 9.70. The molecule has 1 aliphatic carbocycles. The molecule has 0 radical (unpaired) electrons. The summed E-state index contributed by atoms with van der Waals surface area (Å²) in [5.41, 5.74) is 1.77. The van der Waals surface area contributed by atoms with E-state index in [-0.39, 0.29) is 12.4 Å². The first-order valence-electron chi connectivity index (χ1n) is 6.24. The van der Waals surface area contributed by atoms with E-state index in [1.807, 2.05) is 0 Å².